The first-order valence-corrected chi connectivity index (χ1v) is 10.7. The van der Waals surface area contributed by atoms with Gasteiger partial charge in [0.05, 0.1) is 5.56 Å². The SMILES string of the molecule is CCn1c(=O)c2c(nc(/C=C/c3cccc(OC(=O)c4ccccc4)c3)n2C)n(CC)c1=O. The number of hydrogen-bond donors (Lipinski definition) is 0. The minimum atomic E-state index is -0.433. The monoisotopic (exact) mass is 444 g/mol. The molecule has 0 aliphatic heterocycles. The van der Waals surface area contributed by atoms with Gasteiger partial charge in [-0.1, -0.05) is 36.4 Å². The van der Waals surface area contributed by atoms with E-state index in [4.69, 9.17) is 4.74 Å². The van der Waals surface area contributed by atoms with E-state index in [0.717, 1.165) is 5.56 Å². The Bertz CT molecular complexity index is 1480. The summed E-state index contributed by atoms with van der Waals surface area (Å²) in [5.74, 6) is 0.516. The minimum absolute atomic E-state index is 0.290. The quantitative estimate of drug-likeness (QED) is 0.336. The molecule has 0 saturated heterocycles. The average Bonchev–Trinajstić information content (AvgIpc) is 3.15. The van der Waals surface area contributed by atoms with Crippen molar-refractivity contribution < 1.29 is 9.53 Å². The van der Waals surface area contributed by atoms with Crippen LogP contribution in [0.1, 0.15) is 35.6 Å². The van der Waals surface area contributed by atoms with E-state index in [1.807, 2.05) is 25.1 Å². The molecule has 0 spiro atoms. The zero-order valence-corrected chi connectivity index (χ0v) is 18.7. The molecule has 8 nitrogen and oxygen atoms in total. The Hall–Kier alpha value is -4.20. The first kappa shape index (κ1) is 22.0. The molecule has 2 heterocycles. The lowest BCUT2D eigenvalue weighted by Crippen LogP contribution is -2.39. The van der Waals surface area contributed by atoms with E-state index in [9.17, 15) is 14.4 Å². The summed E-state index contributed by atoms with van der Waals surface area (Å²) in [6.07, 6.45) is 3.58. The molecule has 0 N–H and O–H groups in total. The number of esters is 1. The highest BCUT2D eigenvalue weighted by molar-refractivity contribution is 5.91. The Morgan fingerprint density at radius 2 is 1.70 bits per heavy atom. The fourth-order valence-corrected chi connectivity index (χ4v) is 3.68. The summed E-state index contributed by atoms with van der Waals surface area (Å²) in [7, 11) is 1.75. The van der Waals surface area contributed by atoms with Crippen molar-refractivity contribution in [2.75, 3.05) is 0 Å². The summed E-state index contributed by atoms with van der Waals surface area (Å²) in [6.45, 7) is 4.31. The molecule has 4 aromatic rings. The van der Waals surface area contributed by atoms with E-state index >= 15 is 0 Å². The van der Waals surface area contributed by atoms with Crippen molar-refractivity contribution in [1.29, 1.82) is 0 Å². The van der Waals surface area contributed by atoms with Crippen molar-refractivity contribution in [2.24, 2.45) is 7.05 Å². The Kier molecular flexibility index (Phi) is 6.08. The molecule has 0 aliphatic rings. The Balaban J connectivity index is 1.67. The number of imidazole rings is 1. The van der Waals surface area contributed by atoms with E-state index in [1.54, 1.807) is 67.1 Å². The molecule has 2 aromatic carbocycles. The van der Waals surface area contributed by atoms with Crippen LogP contribution in [0.3, 0.4) is 0 Å². The second-order valence-corrected chi connectivity index (χ2v) is 7.44. The lowest BCUT2D eigenvalue weighted by Gasteiger charge is -2.08. The molecule has 0 amide bonds. The van der Waals surface area contributed by atoms with Gasteiger partial charge in [-0.2, -0.15) is 0 Å². The normalized spacial score (nSPS) is 11.4. The van der Waals surface area contributed by atoms with Crippen LogP contribution in [0.2, 0.25) is 0 Å². The van der Waals surface area contributed by atoms with Crippen LogP contribution >= 0.6 is 0 Å². The molecule has 8 heteroatoms. The van der Waals surface area contributed by atoms with Crippen LogP contribution in [-0.4, -0.2) is 24.7 Å². The molecule has 0 fully saturated rings. The average molecular weight is 444 g/mol. The summed E-state index contributed by atoms with van der Waals surface area (Å²) in [4.78, 5) is 42.3. The molecule has 0 atom stereocenters. The van der Waals surface area contributed by atoms with Crippen molar-refractivity contribution in [2.45, 2.75) is 26.9 Å². The van der Waals surface area contributed by atoms with E-state index in [1.165, 1.54) is 9.13 Å². The number of fused-ring (bicyclic) bond motifs is 1. The van der Waals surface area contributed by atoms with Gasteiger partial charge in [-0.3, -0.25) is 13.9 Å². The number of aryl methyl sites for hydroxylation is 2. The Morgan fingerprint density at radius 1 is 0.970 bits per heavy atom. The maximum Gasteiger partial charge on any atom is 0.343 e. The number of hydrogen-bond acceptors (Lipinski definition) is 5. The van der Waals surface area contributed by atoms with Gasteiger partial charge in [0.2, 0.25) is 0 Å². The molecule has 33 heavy (non-hydrogen) atoms. The third-order valence-electron chi connectivity index (χ3n) is 5.41. The summed E-state index contributed by atoms with van der Waals surface area (Å²) in [5, 5.41) is 0. The zero-order valence-electron chi connectivity index (χ0n) is 18.7. The second-order valence-electron chi connectivity index (χ2n) is 7.44. The van der Waals surface area contributed by atoms with Crippen molar-refractivity contribution in [3.63, 3.8) is 0 Å². The molecular formula is C25H24N4O4. The van der Waals surface area contributed by atoms with Crippen molar-refractivity contribution >= 4 is 29.3 Å². The number of benzene rings is 2. The third kappa shape index (κ3) is 4.15. The summed E-state index contributed by atoms with van der Waals surface area (Å²) < 4.78 is 9.87. The van der Waals surface area contributed by atoms with Gasteiger partial charge in [0.15, 0.2) is 11.2 Å². The van der Waals surface area contributed by atoms with Gasteiger partial charge in [-0.05, 0) is 49.8 Å². The van der Waals surface area contributed by atoms with Crippen LogP contribution in [0, 0.1) is 0 Å². The topological polar surface area (TPSA) is 88.1 Å². The molecule has 0 bridgehead atoms. The molecular weight excluding hydrogens is 420 g/mol. The van der Waals surface area contributed by atoms with Crippen LogP contribution in [-0.2, 0) is 20.1 Å². The molecule has 2 aromatic heterocycles. The predicted octanol–water partition coefficient (Wildman–Crippen LogP) is 3.33. The maximum absolute atomic E-state index is 12.8. The van der Waals surface area contributed by atoms with Crippen molar-refractivity contribution in [3.8, 4) is 5.75 Å². The molecule has 0 saturated carbocycles. The molecule has 0 aliphatic carbocycles. The Labute approximate surface area is 190 Å². The third-order valence-corrected chi connectivity index (χ3v) is 5.41. The van der Waals surface area contributed by atoms with Crippen LogP contribution in [0.25, 0.3) is 23.3 Å². The first-order chi connectivity index (χ1) is 15.9. The van der Waals surface area contributed by atoms with Gasteiger partial charge in [0.1, 0.15) is 11.6 Å². The van der Waals surface area contributed by atoms with Gasteiger partial charge in [-0.15, -0.1) is 0 Å². The number of aromatic nitrogens is 4. The van der Waals surface area contributed by atoms with Gasteiger partial charge in [0.25, 0.3) is 5.56 Å². The van der Waals surface area contributed by atoms with Gasteiger partial charge >= 0.3 is 11.7 Å². The highest BCUT2D eigenvalue weighted by Gasteiger charge is 2.17. The van der Waals surface area contributed by atoms with Crippen LogP contribution in [0.15, 0.2) is 64.2 Å². The van der Waals surface area contributed by atoms with E-state index in [-0.39, 0.29) is 11.2 Å². The summed E-state index contributed by atoms with van der Waals surface area (Å²) in [5.41, 5.74) is 1.29. The number of carbonyl (C=O) groups is 1. The van der Waals surface area contributed by atoms with Crippen molar-refractivity contribution in [1.82, 2.24) is 18.7 Å². The van der Waals surface area contributed by atoms with Crippen LogP contribution < -0.4 is 16.0 Å². The van der Waals surface area contributed by atoms with Crippen molar-refractivity contribution in [3.05, 3.63) is 92.4 Å². The first-order valence-electron chi connectivity index (χ1n) is 10.7. The number of ether oxygens (including phenoxy) is 1. The number of nitrogens with zero attached hydrogens (tertiary/aromatic N) is 4. The predicted molar refractivity (Wildman–Crippen MR) is 127 cm³/mol. The van der Waals surface area contributed by atoms with E-state index < -0.39 is 5.97 Å². The Morgan fingerprint density at radius 3 is 2.39 bits per heavy atom. The van der Waals surface area contributed by atoms with Gasteiger partial charge in [-0.25, -0.2) is 14.6 Å². The standard InChI is InChI=1S/C25H24N4O4/c1-4-28-22-21(23(30)29(5-2)25(28)32)27(3)20(26-22)15-14-17-10-9-13-19(16-17)33-24(31)18-11-7-6-8-12-18/h6-16H,4-5H2,1-3H3/b15-14+. The largest absolute Gasteiger partial charge is 0.423 e. The molecule has 0 radical (unpaired) electrons. The second kappa shape index (κ2) is 9.12. The van der Waals surface area contributed by atoms with Gasteiger partial charge in [0, 0.05) is 20.1 Å². The molecule has 168 valence electrons. The van der Waals surface area contributed by atoms with Crippen LogP contribution in [0.4, 0.5) is 0 Å². The summed E-state index contributed by atoms with van der Waals surface area (Å²) in [6, 6.07) is 15.9. The fourth-order valence-electron chi connectivity index (χ4n) is 3.68. The lowest BCUT2D eigenvalue weighted by atomic mass is 10.2. The number of rotatable bonds is 6. The molecule has 4 rings (SSSR count). The highest BCUT2D eigenvalue weighted by atomic mass is 16.5. The zero-order chi connectivity index (χ0) is 23.5. The number of carbonyl (C=O) groups excluding carboxylic acids is 1. The van der Waals surface area contributed by atoms with Gasteiger partial charge < -0.3 is 9.30 Å². The maximum atomic E-state index is 12.8. The highest BCUT2D eigenvalue weighted by Crippen LogP contribution is 2.18. The lowest BCUT2D eigenvalue weighted by molar-refractivity contribution is 0.0735. The smallest absolute Gasteiger partial charge is 0.343 e. The fraction of sp³-hybridized carbons (Fsp3) is 0.200. The molecule has 0 unspecified atom stereocenters. The summed E-state index contributed by atoms with van der Waals surface area (Å²) >= 11 is 0. The van der Waals surface area contributed by atoms with Crippen LogP contribution in [0.5, 0.6) is 5.75 Å². The van der Waals surface area contributed by atoms with E-state index in [2.05, 4.69) is 4.98 Å². The minimum Gasteiger partial charge on any atom is -0.423 e. The van der Waals surface area contributed by atoms with E-state index in [0.29, 0.717) is 41.4 Å².